The van der Waals surface area contributed by atoms with Crippen molar-refractivity contribution >= 4 is 16.9 Å². The van der Waals surface area contributed by atoms with Crippen LogP contribution in [-0.2, 0) is 0 Å². The summed E-state index contributed by atoms with van der Waals surface area (Å²) in [4.78, 5) is 24.9. The van der Waals surface area contributed by atoms with Crippen LogP contribution in [0.1, 0.15) is 75.8 Å². The standard InChI is InChI=1S/C23H35N5O2/c1-3-4-11-24-23-25-14-19-21(26-23)20(16-5-7-18(29)8-6-16)15-28(22(19)30)17-9-12-27(2)13-10-17/h14-18,29H,3-13H2,1-2H3,(H,24,25,26). The Kier molecular flexibility index (Phi) is 6.68. The highest BCUT2D eigenvalue weighted by atomic mass is 16.3. The van der Waals surface area contributed by atoms with E-state index in [-0.39, 0.29) is 17.7 Å². The van der Waals surface area contributed by atoms with Gasteiger partial charge in [0.1, 0.15) is 0 Å². The van der Waals surface area contributed by atoms with E-state index in [1.54, 1.807) is 6.20 Å². The molecule has 1 saturated carbocycles. The Morgan fingerprint density at radius 2 is 1.90 bits per heavy atom. The van der Waals surface area contributed by atoms with Crippen molar-refractivity contribution in [2.75, 3.05) is 32.0 Å². The zero-order valence-electron chi connectivity index (χ0n) is 18.3. The molecule has 1 aliphatic carbocycles. The molecule has 2 aromatic heterocycles. The predicted molar refractivity (Wildman–Crippen MR) is 120 cm³/mol. The van der Waals surface area contributed by atoms with E-state index in [0.29, 0.717) is 17.3 Å². The van der Waals surface area contributed by atoms with Crippen LogP contribution in [0.3, 0.4) is 0 Å². The van der Waals surface area contributed by atoms with E-state index in [4.69, 9.17) is 4.98 Å². The highest BCUT2D eigenvalue weighted by Gasteiger charge is 2.27. The van der Waals surface area contributed by atoms with E-state index in [9.17, 15) is 9.90 Å². The van der Waals surface area contributed by atoms with Crippen molar-refractivity contribution in [2.45, 2.75) is 76.4 Å². The Hall–Kier alpha value is -1.99. The molecule has 7 nitrogen and oxygen atoms in total. The fourth-order valence-electron chi connectivity index (χ4n) is 4.86. The Labute approximate surface area is 178 Å². The van der Waals surface area contributed by atoms with Crippen LogP contribution >= 0.6 is 0 Å². The quantitative estimate of drug-likeness (QED) is 0.707. The molecular weight excluding hydrogens is 378 g/mol. The highest BCUT2D eigenvalue weighted by Crippen LogP contribution is 2.36. The first-order chi connectivity index (χ1) is 14.6. The molecule has 0 unspecified atom stereocenters. The Morgan fingerprint density at radius 3 is 2.60 bits per heavy atom. The van der Waals surface area contributed by atoms with Crippen molar-refractivity contribution in [1.82, 2.24) is 19.4 Å². The number of nitrogens with one attached hydrogen (secondary N) is 1. The lowest BCUT2D eigenvalue weighted by Crippen LogP contribution is -2.36. The summed E-state index contributed by atoms with van der Waals surface area (Å²) in [6.07, 6.45) is 11.2. The van der Waals surface area contributed by atoms with Crippen LogP contribution in [0, 0.1) is 0 Å². The molecule has 3 heterocycles. The molecule has 0 spiro atoms. The summed E-state index contributed by atoms with van der Waals surface area (Å²) in [5, 5.41) is 13.9. The molecule has 0 radical (unpaired) electrons. The Morgan fingerprint density at radius 1 is 1.17 bits per heavy atom. The topological polar surface area (TPSA) is 83.3 Å². The van der Waals surface area contributed by atoms with Gasteiger partial charge in [0.15, 0.2) is 0 Å². The van der Waals surface area contributed by atoms with Crippen LogP contribution in [0.2, 0.25) is 0 Å². The van der Waals surface area contributed by atoms with Crippen molar-refractivity contribution < 1.29 is 5.11 Å². The second kappa shape index (κ2) is 9.43. The number of unbranched alkanes of at least 4 members (excludes halogenated alkanes) is 1. The van der Waals surface area contributed by atoms with Crippen LogP contribution in [0.25, 0.3) is 10.9 Å². The number of aliphatic hydroxyl groups excluding tert-OH is 1. The molecule has 164 valence electrons. The minimum Gasteiger partial charge on any atom is -0.393 e. The molecule has 1 saturated heterocycles. The van der Waals surface area contributed by atoms with Crippen LogP contribution < -0.4 is 10.9 Å². The van der Waals surface area contributed by atoms with Gasteiger partial charge < -0.3 is 19.9 Å². The number of aliphatic hydroxyl groups is 1. The van der Waals surface area contributed by atoms with Crippen LogP contribution in [0.5, 0.6) is 0 Å². The first-order valence-electron chi connectivity index (χ1n) is 11.6. The summed E-state index contributed by atoms with van der Waals surface area (Å²) in [6, 6.07) is 0.230. The van der Waals surface area contributed by atoms with Crippen molar-refractivity contribution in [3.8, 4) is 0 Å². The van der Waals surface area contributed by atoms with E-state index in [2.05, 4.69) is 35.4 Å². The largest absolute Gasteiger partial charge is 0.393 e. The van der Waals surface area contributed by atoms with Gasteiger partial charge in [-0.1, -0.05) is 13.3 Å². The lowest BCUT2D eigenvalue weighted by Gasteiger charge is -2.32. The third-order valence-electron chi connectivity index (χ3n) is 6.84. The lowest BCUT2D eigenvalue weighted by molar-refractivity contribution is 0.122. The second-order valence-corrected chi connectivity index (χ2v) is 9.07. The van der Waals surface area contributed by atoms with Crippen molar-refractivity contribution in [1.29, 1.82) is 0 Å². The van der Waals surface area contributed by atoms with Gasteiger partial charge in [-0.15, -0.1) is 0 Å². The highest BCUT2D eigenvalue weighted by molar-refractivity contribution is 5.81. The average Bonchev–Trinajstić information content (AvgIpc) is 2.76. The molecule has 1 aliphatic heterocycles. The number of pyridine rings is 1. The summed E-state index contributed by atoms with van der Waals surface area (Å²) in [5.74, 6) is 0.928. The number of hydrogen-bond donors (Lipinski definition) is 2. The molecule has 7 heteroatoms. The van der Waals surface area contributed by atoms with Gasteiger partial charge in [0.05, 0.1) is 17.0 Å². The van der Waals surface area contributed by atoms with Gasteiger partial charge >= 0.3 is 0 Å². The van der Waals surface area contributed by atoms with Crippen LogP contribution in [0.4, 0.5) is 5.95 Å². The lowest BCUT2D eigenvalue weighted by atomic mass is 9.82. The van der Waals surface area contributed by atoms with E-state index < -0.39 is 0 Å². The molecule has 0 aromatic carbocycles. The van der Waals surface area contributed by atoms with Crippen LogP contribution in [0.15, 0.2) is 17.2 Å². The monoisotopic (exact) mass is 413 g/mol. The molecule has 2 N–H and O–H groups in total. The van der Waals surface area contributed by atoms with Gasteiger partial charge in [0.2, 0.25) is 5.95 Å². The smallest absolute Gasteiger partial charge is 0.261 e. The Bertz CT molecular complexity index is 912. The number of likely N-dealkylation sites (tertiary alicyclic amines) is 1. The van der Waals surface area contributed by atoms with E-state index >= 15 is 0 Å². The van der Waals surface area contributed by atoms with Gasteiger partial charge in [-0.3, -0.25) is 4.79 Å². The fraction of sp³-hybridized carbons (Fsp3) is 0.696. The average molecular weight is 414 g/mol. The minimum absolute atomic E-state index is 0.0271. The number of aromatic nitrogens is 3. The third kappa shape index (κ3) is 4.52. The maximum atomic E-state index is 13.4. The molecule has 0 atom stereocenters. The molecular formula is C23H35N5O2. The predicted octanol–water partition coefficient (Wildman–Crippen LogP) is 3.29. The maximum absolute atomic E-state index is 13.4. The zero-order valence-corrected chi connectivity index (χ0v) is 18.3. The van der Waals surface area contributed by atoms with E-state index in [0.717, 1.165) is 82.1 Å². The van der Waals surface area contributed by atoms with Gasteiger partial charge in [-0.05, 0) is 76.6 Å². The number of piperidine rings is 1. The van der Waals surface area contributed by atoms with Crippen LogP contribution in [-0.4, -0.2) is 57.3 Å². The molecule has 4 rings (SSSR count). The van der Waals surface area contributed by atoms with Gasteiger partial charge in [-0.2, -0.15) is 0 Å². The second-order valence-electron chi connectivity index (χ2n) is 9.07. The van der Waals surface area contributed by atoms with Gasteiger partial charge in [-0.25, -0.2) is 9.97 Å². The molecule has 2 aromatic rings. The molecule has 2 fully saturated rings. The number of anilines is 1. The summed E-state index contributed by atoms with van der Waals surface area (Å²) in [7, 11) is 2.14. The van der Waals surface area contributed by atoms with Gasteiger partial charge in [0, 0.05) is 25.0 Å². The normalized spacial score (nSPS) is 23.7. The van der Waals surface area contributed by atoms with Crippen molar-refractivity contribution in [3.63, 3.8) is 0 Å². The molecule has 0 bridgehead atoms. The number of nitrogens with zero attached hydrogens (tertiary/aromatic N) is 4. The summed E-state index contributed by atoms with van der Waals surface area (Å²) in [5.41, 5.74) is 1.97. The molecule has 30 heavy (non-hydrogen) atoms. The summed E-state index contributed by atoms with van der Waals surface area (Å²) in [6.45, 7) is 5.01. The van der Waals surface area contributed by atoms with Crippen molar-refractivity contribution in [3.05, 3.63) is 28.3 Å². The first-order valence-corrected chi connectivity index (χ1v) is 11.6. The van der Waals surface area contributed by atoms with E-state index in [1.807, 2.05) is 4.57 Å². The fourth-order valence-corrected chi connectivity index (χ4v) is 4.86. The number of rotatable bonds is 6. The number of hydrogen-bond acceptors (Lipinski definition) is 6. The van der Waals surface area contributed by atoms with Crippen molar-refractivity contribution in [2.24, 2.45) is 0 Å². The van der Waals surface area contributed by atoms with E-state index in [1.165, 1.54) is 0 Å². The molecule has 0 amide bonds. The third-order valence-corrected chi connectivity index (χ3v) is 6.84. The summed E-state index contributed by atoms with van der Waals surface area (Å²) < 4.78 is 1.96. The maximum Gasteiger partial charge on any atom is 0.261 e. The zero-order chi connectivity index (χ0) is 21.1. The number of fused-ring (bicyclic) bond motifs is 1. The SMILES string of the molecule is CCCCNc1ncc2c(=O)n(C3CCN(C)CC3)cc(C3CCC(O)CC3)c2n1. The molecule has 2 aliphatic rings. The van der Waals surface area contributed by atoms with Gasteiger partial charge in [0.25, 0.3) is 5.56 Å². The minimum atomic E-state index is -0.201. The Balaban J connectivity index is 1.75. The summed E-state index contributed by atoms with van der Waals surface area (Å²) >= 11 is 0. The first kappa shape index (κ1) is 21.2.